The summed E-state index contributed by atoms with van der Waals surface area (Å²) in [4.78, 5) is 21.9. The summed E-state index contributed by atoms with van der Waals surface area (Å²) in [6.45, 7) is 0.185. The molecule has 1 aliphatic rings. The molecule has 0 bridgehead atoms. The highest BCUT2D eigenvalue weighted by Crippen LogP contribution is 2.34. The first kappa shape index (κ1) is 12.0. The molecule has 10 heteroatoms. The van der Waals surface area contributed by atoms with Crippen molar-refractivity contribution in [1.82, 2.24) is 20.6 Å². The molecule has 20 heavy (non-hydrogen) atoms. The van der Waals surface area contributed by atoms with Crippen LogP contribution in [0.3, 0.4) is 0 Å². The first-order chi connectivity index (χ1) is 9.63. The van der Waals surface area contributed by atoms with E-state index in [0.717, 1.165) is 0 Å². The summed E-state index contributed by atoms with van der Waals surface area (Å²) in [6, 6.07) is 2.93. The lowest BCUT2D eigenvalue weighted by Gasteiger charge is -2.07. The number of aromatic amines is 1. The number of H-pyrrole nitrogens is 1. The number of nitro benzene ring substituents is 1. The van der Waals surface area contributed by atoms with Gasteiger partial charge in [-0.1, -0.05) is 5.21 Å². The van der Waals surface area contributed by atoms with Gasteiger partial charge in [-0.3, -0.25) is 14.9 Å². The molecule has 2 heterocycles. The van der Waals surface area contributed by atoms with Crippen LogP contribution >= 0.6 is 0 Å². The van der Waals surface area contributed by atoms with Gasteiger partial charge in [0.25, 0.3) is 5.69 Å². The number of hydrogen-bond acceptors (Lipinski definition) is 7. The summed E-state index contributed by atoms with van der Waals surface area (Å²) in [5.74, 6) is 0.202. The fraction of sp³-hybridized carbons (Fsp3) is 0.200. The first-order valence-electron chi connectivity index (χ1n) is 5.71. The Bertz CT molecular complexity index is 682. The zero-order valence-electron chi connectivity index (χ0n) is 10.1. The monoisotopic (exact) mass is 275 g/mol. The number of rotatable bonds is 4. The van der Waals surface area contributed by atoms with E-state index in [1.54, 1.807) is 6.07 Å². The normalized spacial score (nSPS) is 12.9. The van der Waals surface area contributed by atoms with E-state index in [2.05, 4.69) is 31.3 Å². The van der Waals surface area contributed by atoms with Crippen LogP contribution in [0.5, 0.6) is 0 Å². The fourth-order valence-electron chi connectivity index (χ4n) is 1.99. The lowest BCUT2D eigenvalue weighted by Crippen LogP contribution is -2.05. The number of anilines is 2. The third-order valence-electron chi connectivity index (χ3n) is 2.87. The number of carbonyl (C=O) groups is 1. The van der Waals surface area contributed by atoms with Gasteiger partial charge in [-0.15, -0.1) is 10.2 Å². The van der Waals surface area contributed by atoms with Gasteiger partial charge in [-0.25, -0.2) is 0 Å². The van der Waals surface area contributed by atoms with Crippen molar-refractivity contribution in [2.45, 2.75) is 13.0 Å². The average molecular weight is 275 g/mol. The lowest BCUT2D eigenvalue weighted by molar-refractivity contribution is -0.384. The Morgan fingerprint density at radius 3 is 3.00 bits per heavy atom. The number of tetrazole rings is 1. The zero-order valence-corrected chi connectivity index (χ0v) is 10.1. The van der Waals surface area contributed by atoms with Crippen LogP contribution in [-0.2, 0) is 17.8 Å². The maximum Gasteiger partial charge on any atom is 0.292 e. The van der Waals surface area contributed by atoms with Crippen LogP contribution in [0.15, 0.2) is 12.1 Å². The highest BCUT2D eigenvalue weighted by atomic mass is 16.6. The highest BCUT2D eigenvalue weighted by molar-refractivity contribution is 6.00. The van der Waals surface area contributed by atoms with Crippen molar-refractivity contribution in [3.05, 3.63) is 33.6 Å². The van der Waals surface area contributed by atoms with Crippen LogP contribution in [0.25, 0.3) is 0 Å². The van der Waals surface area contributed by atoms with Crippen molar-refractivity contribution in [1.29, 1.82) is 0 Å². The smallest absolute Gasteiger partial charge is 0.292 e. The van der Waals surface area contributed by atoms with Gasteiger partial charge >= 0.3 is 0 Å². The molecule has 2 aromatic rings. The van der Waals surface area contributed by atoms with E-state index in [1.807, 2.05) is 0 Å². The van der Waals surface area contributed by atoms with Crippen molar-refractivity contribution in [3.63, 3.8) is 0 Å². The largest absolute Gasteiger partial charge is 0.372 e. The first-order valence-corrected chi connectivity index (χ1v) is 5.71. The second-order valence-electron chi connectivity index (χ2n) is 4.19. The second-order valence-corrected chi connectivity index (χ2v) is 4.19. The van der Waals surface area contributed by atoms with Crippen LogP contribution in [0, 0.1) is 10.1 Å². The molecule has 0 aliphatic carbocycles. The van der Waals surface area contributed by atoms with E-state index >= 15 is 0 Å². The topological polar surface area (TPSA) is 139 Å². The van der Waals surface area contributed by atoms with Crippen LogP contribution < -0.4 is 10.6 Å². The van der Waals surface area contributed by atoms with Crippen molar-refractivity contribution >= 4 is 23.0 Å². The van der Waals surface area contributed by atoms with Gasteiger partial charge in [0.05, 0.1) is 17.9 Å². The van der Waals surface area contributed by atoms with Gasteiger partial charge in [0, 0.05) is 11.8 Å². The van der Waals surface area contributed by atoms with Gasteiger partial charge in [-0.2, -0.15) is 5.21 Å². The van der Waals surface area contributed by atoms with Crippen LogP contribution in [0.1, 0.15) is 11.4 Å². The number of nitrogens with zero attached hydrogens (tertiary/aromatic N) is 4. The van der Waals surface area contributed by atoms with Crippen LogP contribution in [0.4, 0.5) is 17.1 Å². The highest BCUT2D eigenvalue weighted by Gasteiger charge is 2.24. The number of carbonyl (C=O) groups excluding carboxylic acids is 1. The van der Waals surface area contributed by atoms with Crippen LogP contribution in [0.2, 0.25) is 0 Å². The predicted molar refractivity (Wildman–Crippen MR) is 66.9 cm³/mol. The maximum absolute atomic E-state index is 11.3. The Kier molecular flexibility index (Phi) is 2.75. The summed E-state index contributed by atoms with van der Waals surface area (Å²) < 4.78 is 0. The minimum Gasteiger partial charge on any atom is -0.372 e. The molecule has 0 spiro atoms. The van der Waals surface area contributed by atoms with E-state index in [4.69, 9.17) is 0 Å². The quantitative estimate of drug-likeness (QED) is 0.535. The molecule has 0 saturated carbocycles. The third-order valence-corrected chi connectivity index (χ3v) is 2.87. The summed E-state index contributed by atoms with van der Waals surface area (Å²) in [6.07, 6.45) is 0.154. The van der Waals surface area contributed by atoms with E-state index < -0.39 is 4.92 Å². The summed E-state index contributed by atoms with van der Waals surface area (Å²) >= 11 is 0. The number of fused-ring (bicyclic) bond motifs is 1. The molecule has 10 nitrogen and oxygen atoms in total. The number of nitro groups is 1. The lowest BCUT2D eigenvalue weighted by atomic mass is 10.1. The van der Waals surface area contributed by atoms with Crippen molar-refractivity contribution < 1.29 is 9.72 Å². The number of benzene rings is 1. The van der Waals surface area contributed by atoms with Gasteiger partial charge in [0.1, 0.15) is 5.69 Å². The third kappa shape index (κ3) is 2.13. The minimum atomic E-state index is -0.498. The van der Waals surface area contributed by atoms with Crippen molar-refractivity contribution in [3.8, 4) is 0 Å². The Balaban J connectivity index is 1.90. The predicted octanol–water partition coefficient (Wildman–Crippen LogP) is 0.215. The molecule has 0 unspecified atom stereocenters. The molecule has 0 fully saturated rings. The zero-order chi connectivity index (χ0) is 14.1. The van der Waals surface area contributed by atoms with Crippen molar-refractivity contribution in [2.24, 2.45) is 0 Å². The van der Waals surface area contributed by atoms with E-state index in [1.165, 1.54) is 6.07 Å². The molecular weight excluding hydrogens is 266 g/mol. The molecule has 102 valence electrons. The Morgan fingerprint density at radius 2 is 2.30 bits per heavy atom. The average Bonchev–Trinajstić information content (AvgIpc) is 3.02. The summed E-state index contributed by atoms with van der Waals surface area (Å²) in [5.41, 5.74) is 1.40. The molecule has 1 aliphatic heterocycles. The van der Waals surface area contributed by atoms with Gasteiger partial charge in [0.15, 0.2) is 5.82 Å². The maximum atomic E-state index is 11.3. The van der Waals surface area contributed by atoms with Gasteiger partial charge < -0.3 is 10.6 Å². The van der Waals surface area contributed by atoms with E-state index in [-0.39, 0.29) is 24.6 Å². The number of amides is 1. The molecular formula is C10H9N7O3. The van der Waals surface area contributed by atoms with Crippen molar-refractivity contribution in [2.75, 3.05) is 10.6 Å². The minimum absolute atomic E-state index is 0.0938. The van der Waals surface area contributed by atoms with Gasteiger partial charge in [-0.05, 0) is 11.6 Å². The van der Waals surface area contributed by atoms with Crippen LogP contribution in [-0.4, -0.2) is 31.5 Å². The fourth-order valence-corrected chi connectivity index (χ4v) is 1.99. The molecule has 1 aromatic carbocycles. The summed E-state index contributed by atoms with van der Waals surface area (Å²) in [5, 5.41) is 29.7. The molecule has 1 amide bonds. The Labute approximate surface area is 111 Å². The SMILES string of the molecule is O=C1Cc2cc([N+](=O)[O-])c(NCc3nn[nH]n3)cc2N1. The molecule has 0 radical (unpaired) electrons. The number of nitrogens with one attached hydrogen (secondary N) is 3. The van der Waals surface area contributed by atoms with E-state index in [0.29, 0.717) is 22.8 Å². The number of aromatic nitrogens is 4. The molecule has 1 aromatic heterocycles. The molecule has 0 saturated heterocycles. The summed E-state index contributed by atoms with van der Waals surface area (Å²) in [7, 11) is 0. The standard InChI is InChI=1S/C10H9N7O3/c18-10-2-5-1-8(17(19)20)7(3-6(5)12-10)11-4-9-13-15-16-14-9/h1,3,11H,2,4H2,(H,12,18)(H,13,14,15,16). The number of hydrogen-bond donors (Lipinski definition) is 3. The van der Waals surface area contributed by atoms with Gasteiger partial charge in [0.2, 0.25) is 5.91 Å². The molecule has 0 atom stereocenters. The molecule has 3 N–H and O–H groups in total. The second kappa shape index (κ2) is 4.57. The van der Waals surface area contributed by atoms with E-state index in [9.17, 15) is 14.9 Å². The Hall–Kier alpha value is -3.04. The Morgan fingerprint density at radius 1 is 1.45 bits per heavy atom. The molecule has 3 rings (SSSR count).